The van der Waals surface area contributed by atoms with Crippen molar-refractivity contribution in [2.45, 2.75) is 45.8 Å². The number of benzene rings is 2. The van der Waals surface area contributed by atoms with E-state index in [1.807, 2.05) is 35.8 Å². The Kier molecular flexibility index (Phi) is 7.56. The molecule has 0 bridgehead atoms. The number of pyridine rings is 1. The van der Waals surface area contributed by atoms with Crippen molar-refractivity contribution >= 4 is 17.3 Å². The summed E-state index contributed by atoms with van der Waals surface area (Å²) >= 11 is 6.56. The SMILES string of the molecule is CCCCc1nc(Cl)c(C(O)c2ccncc2)n1Cc1ccc(-c2ccccc2C(C)=N)cc1. The summed E-state index contributed by atoms with van der Waals surface area (Å²) in [5.74, 6) is 0.879. The van der Waals surface area contributed by atoms with Gasteiger partial charge in [0.2, 0.25) is 0 Å². The van der Waals surface area contributed by atoms with Crippen molar-refractivity contribution in [1.29, 1.82) is 5.41 Å². The van der Waals surface area contributed by atoms with Crippen LogP contribution in [0.2, 0.25) is 5.15 Å². The summed E-state index contributed by atoms with van der Waals surface area (Å²) in [6, 6.07) is 19.9. The number of halogens is 1. The lowest BCUT2D eigenvalue weighted by Crippen LogP contribution is -2.13. The van der Waals surface area contributed by atoms with E-state index in [0.29, 0.717) is 23.1 Å². The molecule has 1 atom stereocenters. The lowest BCUT2D eigenvalue weighted by atomic mass is 9.96. The molecule has 0 aliphatic heterocycles. The molecule has 0 fully saturated rings. The Labute approximate surface area is 205 Å². The van der Waals surface area contributed by atoms with Crippen LogP contribution in [0.4, 0.5) is 0 Å². The molecule has 4 rings (SSSR count). The number of aromatic nitrogens is 3. The van der Waals surface area contributed by atoms with Crippen LogP contribution < -0.4 is 0 Å². The first kappa shape index (κ1) is 23.9. The third-order valence-corrected chi connectivity index (χ3v) is 6.29. The van der Waals surface area contributed by atoms with Gasteiger partial charge in [0.05, 0.1) is 5.69 Å². The molecule has 174 valence electrons. The predicted molar refractivity (Wildman–Crippen MR) is 138 cm³/mol. The number of unbranched alkanes of at least 4 members (excludes halogenated alkanes) is 1. The van der Waals surface area contributed by atoms with Gasteiger partial charge in [-0.2, -0.15) is 0 Å². The van der Waals surface area contributed by atoms with E-state index in [4.69, 9.17) is 17.0 Å². The Hall–Kier alpha value is -3.28. The molecule has 2 aromatic carbocycles. The molecule has 0 spiro atoms. The number of aliphatic hydroxyl groups excluding tert-OH is 1. The van der Waals surface area contributed by atoms with Crippen molar-refractivity contribution in [2.24, 2.45) is 0 Å². The molecule has 34 heavy (non-hydrogen) atoms. The third-order valence-electron chi connectivity index (χ3n) is 6.01. The predicted octanol–water partition coefficient (Wildman–Crippen LogP) is 6.46. The molecule has 2 heterocycles. The fourth-order valence-corrected chi connectivity index (χ4v) is 4.48. The number of hydrogen-bond donors (Lipinski definition) is 2. The molecule has 0 saturated heterocycles. The van der Waals surface area contributed by atoms with Crippen molar-refractivity contribution in [3.63, 3.8) is 0 Å². The molecule has 0 radical (unpaired) electrons. The van der Waals surface area contributed by atoms with E-state index < -0.39 is 6.10 Å². The van der Waals surface area contributed by atoms with Crippen molar-refractivity contribution in [1.82, 2.24) is 14.5 Å². The van der Waals surface area contributed by atoms with Gasteiger partial charge in [-0.3, -0.25) is 4.98 Å². The molecular formula is C28H29ClN4O. The van der Waals surface area contributed by atoms with Gasteiger partial charge in [0, 0.05) is 36.6 Å². The maximum Gasteiger partial charge on any atom is 0.153 e. The monoisotopic (exact) mass is 472 g/mol. The highest BCUT2D eigenvalue weighted by Gasteiger charge is 2.23. The van der Waals surface area contributed by atoms with Crippen LogP contribution in [0.25, 0.3) is 11.1 Å². The first-order valence-electron chi connectivity index (χ1n) is 11.6. The van der Waals surface area contributed by atoms with Crippen LogP contribution in [0.5, 0.6) is 0 Å². The summed E-state index contributed by atoms with van der Waals surface area (Å²) in [5, 5.41) is 19.6. The number of aliphatic hydroxyl groups is 1. The zero-order valence-electron chi connectivity index (χ0n) is 19.5. The van der Waals surface area contributed by atoms with Crippen molar-refractivity contribution in [3.8, 4) is 11.1 Å². The van der Waals surface area contributed by atoms with Crippen molar-refractivity contribution < 1.29 is 5.11 Å². The Bertz CT molecular complexity index is 1270. The van der Waals surface area contributed by atoms with Gasteiger partial charge in [-0.05, 0) is 47.7 Å². The van der Waals surface area contributed by atoms with E-state index in [1.165, 1.54) is 0 Å². The van der Waals surface area contributed by atoms with Gasteiger partial charge in [-0.15, -0.1) is 0 Å². The van der Waals surface area contributed by atoms with Gasteiger partial charge < -0.3 is 15.1 Å². The van der Waals surface area contributed by atoms with Crippen molar-refractivity contribution in [2.75, 3.05) is 0 Å². The standard InChI is InChI=1S/C28H29ClN4O/c1-3-4-9-25-32-28(29)26(27(34)22-14-16-31-17-15-22)33(25)18-20-10-12-21(13-11-20)24-8-6-5-7-23(24)19(2)30/h5-8,10-17,27,30,34H,3-4,9,18H2,1-2H3. The largest absolute Gasteiger partial charge is 0.382 e. The highest BCUT2D eigenvalue weighted by atomic mass is 35.5. The zero-order chi connectivity index (χ0) is 24.1. The Morgan fingerprint density at radius 2 is 1.76 bits per heavy atom. The minimum atomic E-state index is -0.889. The maximum atomic E-state index is 11.2. The minimum Gasteiger partial charge on any atom is -0.382 e. The lowest BCUT2D eigenvalue weighted by Gasteiger charge is -2.17. The second kappa shape index (κ2) is 10.8. The van der Waals surface area contributed by atoms with Crippen LogP contribution in [0, 0.1) is 5.41 Å². The van der Waals surface area contributed by atoms with Gasteiger partial charge in [0.1, 0.15) is 11.9 Å². The number of imidazole rings is 1. The Morgan fingerprint density at radius 3 is 2.44 bits per heavy atom. The molecule has 1 unspecified atom stereocenters. The average Bonchev–Trinajstić information content (AvgIpc) is 3.17. The van der Waals surface area contributed by atoms with E-state index in [-0.39, 0.29) is 0 Å². The van der Waals surface area contributed by atoms with Gasteiger partial charge in [0.15, 0.2) is 5.15 Å². The maximum absolute atomic E-state index is 11.2. The molecule has 4 aromatic rings. The first-order chi connectivity index (χ1) is 16.5. The topological polar surface area (TPSA) is 74.8 Å². The van der Waals surface area contributed by atoms with Gasteiger partial charge in [0.25, 0.3) is 0 Å². The van der Waals surface area contributed by atoms with Crippen LogP contribution in [0.3, 0.4) is 0 Å². The zero-order valence-corrected chi connectivity index (χ0v) is 20.3. The highest BCUT2D eigenvalue weighted by molar-refractivity contribution is 6.30. The number of aryl methyl sites for hydroxylation is 1. The number of rotatable bonds is 9. The lowest BCUT2D eigenvalue weighted by molar-refractivity contribution is 0.210. The van der Waals surface area contributed by atoms with E-state index in [1.54, 1.807) is 24.5 Å². The summed E-state index contributed by atoms with van der Waals surface area (Å²) in [6.07, 6.45) is 5.28. The summed E-state index contributed by atoms with van der Waals surface area (Å²) in [5.41, 5.74) is 6.01. The van der Waals surface area contributed by atoms with Gasteiger partial charge in [-0.1, -0.05) is 73.5 Å². The van der Waals surface area contributed by atoms with E-state index in [9.17, 15) is 5.11 Å². The Balaban J connectivity index is 1.68. The van der Waals surface area contributed by atoms with Gasteiger partial charge in [-0.25, -0.2) is 4.98 Å². The van der Waals surface area contributed by atoms with Crippen LogP contribution in [-0.2, 0) is 13.0 Å². The van der Waals surface area contributed by atoms with Crippen LogP contribution in [0.1, 0.15) is 61.0 Å². The van der Waals surface area contributed by atoms with E-state index in [2.05, 4.69) is 41.2 Å². The summed E-state index contributed by atoms with van der Waals surface area (Å²) < 4.78 is 2.05. The minimum absolute atomic E-state index is 0.336. The Morgan fingerprint density at radius 1 is 1.06 bits per heavy atom. The first-order valence-corrected chi connectivity index (χ1v) is 11.9. The fourth-order valence-electron chi connectivity index (χ4n) is 4.18. The molecule has 2 N–H and O–H groups in total. The second-order valence-electron chi connectivity index (χ2n) is 8.44. The number of hydrogen-bond acceptors (Lipinski definition) is 4. The smallest absolute Gasteiger partial charge is 0.153 e. The van der Waals surface area contributed by atoms with Crippen LogP contribution in [0.15, 0.2) is 73.1 Å². The summed E-state index contributed by atoms with van der Waals surface area (Å²) in [7, 11) is 0. The molecule has 0 saturated carbocycles. The quantitative estimate of drug-likeness (QED) is 0.274. The van der Waals surface area contributed by atoms with Crippen molar-refractivity contribution in [3.05, 3.63) is 106 Å². The molecule has 2 aromatic heterocycles. The highest BCUT2D eigenvalue weighted by Crippen LogP contribution is 2.31. The molecule has 5 nitrogen and oxygen atoms in total. The summed E-state index contributed by atoms with van der Waals surface area (Å²) in [6.45, 7) is 4.51. The van der Waals surface area contributed by atoms with Gasteiger partial charge >= 0.3 is 0 Å². The normalized spacial score (nSPS) is 12.0. The second-order valence-corrected chi connectivity index (χ2v) is 8.80. The molecular weight excluding hydrogens is 444 g/mol. The van der Waals surface area contributed by atoms with E-state index in [0.717, 1.165) is 52.9 Å². The number of nitrogens with one attached hydrogen (secondary N) is 1. The summed E-state index contributed by atoms with van der Waals surface area (Å²) in [4.78, 5) is 8.67. The average molecular weight is 473 g/mol. The third kappa shape index (κ3) is 5.11. The molecule has 0 aliphatic carbocycles. The van der Waals surface area contributed by atoms with Crippen LogP contribution in [-0.4, -0.2) is 25.4 Å². The van der Waals surface area contributed by atoms with Crippen LogP contribution >= 0.6 is 11.6 Å². The fraction of sp³-hybridized carbons (Fsp3) is 0.250. The number of nitrogens with zero attached hydrogens (tertiary/aromatic N) is 3. The molecule has 6 heteroatoms. The molecule has 0 aliphatic rings. The molecule has 0 amide bonds. The van der Waals surface area contributed by atoms with E-state index >= 15 is 0 Å².